The molecule has 4 rings (SSSR count). The SMILES string of the molecule is CC1=C(C)C(c2ccccc2-c2c(O)ccc3ccccc23)C(C)=C1C. The Labute approximate surface area is 155 Å². The molecule has 1 N–H and O–H groups in total. The summed E-state index contributed by atoms with van der Waals surface area (Å²) in [6.07, 6.45) is 0. The fourth-order valence-electron chi connectivity index (χ4n) is 4.34. The monoisotopic (exact) mass is 340 g/mol. The van der Waals surface area contributed by atoms with Crippen molar-refractivity contribution in [3.05, 3.63) is 88.5 Å². The smallest absolute Gasteiger partial charge is 0.124 e. The first-order chi connectivity index (χ1) is 12.5. The van der Waals surface area contributed by atoms with Crippen molar-refractivity contribution in [1.82, 2.24) is 0 Å². The Kier molecular flexibility index (Phi) is 3.96. The van der Waals surface area contributed by atoms with Crippen LogP contribution in [0.4, 0.5) is 0 Å². The van der Waals surface area contributed by atoms with Crippen molar-refractivity contribution in [2.75, 3.05) is 0 Å². The van der Waals surface area contributed by atoms with Crippen molar-refractivity contribution in [3.8, 4) is 16.9 Å². The van der Waals surface area contributed by atoms with E-state index in [1.165, 1.54) is 27.9 Å². The molecule has 0 atom stereocenters. The van der Waals surface area contributed by atoms with Crippen LogP contribution in [0.1, 0.15) is 39.2 Å². The van der Waals surface area contributed by atoms with Gasteiger partial charge in [-0.05, 0) is 66.8 Å². The Hall–Kier alpha value is -2.80. The van der Waals surface area contributed by atoms with Crippen molar-refractivity contribution in [2.24, 2.45) is 0 Å². The van der Waals surface area contributed by atoms with Crippen molar-refractivity contribution in [3.63, 3.8) is 0 Å². The normalized spacial score (nSPS) is 15.4. The lowest BCUT2D eigenvalue weighted by molar-refractivity contribution is 0.478. The molecule has 3 aromatic carbocycles. The first-order valence-electron chi connectivity index (χ1n) is 9.16. The molecule has 1 aliphatic carbocycles. The van der Waals surface area contributed by atoms with E-state index in [2.05, 4.69) is 64.1 Å². The molecule has 1 nitrogen and oxygen atoms in total. The van der Waals surface area contributed by atoms with Gasteiger partial charge in [-0.3, -0.25) is 0 Å². The molecule has 0 radical (unpaired) electrons. The van der Waals surface area contributed by atoms with Crippen molar-refractivity contribution < 1.29 is 5.11 Å². The van der Waals surface area contributed by atoms with Gasteiger partial charge in [-0.25, -0.2) is 0 Å². The average Bonchev–Trinajstić information content (AvgIpc) is 2.85. The number of hydrogen-bond acceptors (Lipinski definition) is 1. The number of phenolic OH excluding ortho intramolecular Hbond substituents is 1. The van der Waals surface area contributed by atoms with E-state index in [1.807, 2.05) is 24.3 Å². The Morgan fingerprint density at radius 2 is 1.31 bits per heavy atom. The molecule has 26 heavy (non-hydrogen) atoms. The second-order valence-electron chi connectivity index (χ2n) is 7.32. The highest BCUT2D eigenvalue weighted by atomic mass is 16.3. The fourth-order valence-corrected chi connectivity index (χ4v) is 4.34. The second-order valence-corrected chi connectivity index (χ2v) is 7.32. The average molecular weight is 340 g/mol. The number of fused-ring (bicyclic) bond motifs is 1. The lowest BCUT2D eigenvalue weighted by Gasteiger charge is -2.21. The van der Waals surface area contributed by atoms with Crippen LogP contribution in [0, 0.1) is 0 Å². The molecular weight excluding hydrogens is 316 g/mol. The third kappa shape index (κ3) is 2.39. The molecule has 0 aromatic heterocycles. The van der Waals surface area contributed by atoms with Gasteiger partial charge in [-0.1, -0.05) is 65.7 Å². The number of hydrogen-bond donors (Lipinski definition) is 1. The maximum Gasteiger partial charge on any atom is 0.124 e. The standard InChI is InChI=1S/C25H24O/c1-15-16(2)18(4)24(17(15)3)21-11-7-8-12-22(21)25-20-10-6-5-9-19(20)13-14-23(25)26/h5-14,24,26H,1-4H3. The highest BCUT2D eigenvalue weighted by molar-refractivity contribution is 6.00. The summed E-state index contributed by atoms with van der Waals surface area (Å²) in [5, 5.41) is 13.0. The summed E-state index contributed by atoms with van der Waals surface area (Å²) < 4.78 is 0. The molecule has 0 saturated carbocycles. The number of phenols is 1. The first-order valence-corrected chi connectivity index (χ1v) is 9.16. The predicted molar refractivity (Wildman–Crippen MR) is 111 cm³/mol. The molecule has 0 amide bonds. The lowest BCUT2D eigenvalue weighted by atomic mass is 9.83. The van der Waals surface area contributed by atoms with E-state index in [0.29, 0.717) is 5.75 Å². The Morgan fingerprint density at radius 3 is 2.04 bits per heavy atom. The molecule has 0 saturated heterocycles. The van der Waals surface area contributed by atoms with E-state index in [-0.39, 0.29) is 5.92 Å². The minimum atomic E-state index is 0.282. The van der Waals surface area contributed by atoms with Crippen LogP contribution < -0.4 is 0 Å². The predicted octanol–water partition coefficient (Wildman–Crippen LogP) is 6.98. The number of benzene rings is 3. The molecule has 0 fully saturated rings. The van der Waals surface area contributed by atoms with Crippen molar-refractivity contribution in [2.45, 2.75) is 33.6 Å². The highest BCUT2D eigenvalue weighted by Crippen LogP contribution is 2.48. The third-order valence-electron chi connectivity index (χ3n) is 6.06. The molecule has 130 valence electrons. The van der Waals surface area contributed by atoms with Gasteiger partial charge < -0.3 is 5.11 Å². The minimum Gasteiger partial charge on any atom is -0.507 e. The zero-order valence-electron chi connectivity index (χ0n) is 15.8. The first kappa shape index (κ1) is 16.7. The Bertz CT molecular complexity index is 1060. The van der Waals surface area contributed by atoms with E-state index < -0.39 is 0 Å². The summed E-state index contributed by atoms with van der Waals surface area (Å²) in [7, 11) is 0. The summed E-state index contributed by atoms with van der Waals surface area (Å²) in [5.41, 5.74) is 8.92. The molecule has 0 spiro atoms. The summed E-state index contributed by atoms with van der Waals surface area (Å²) >= 11 is 0. The Balaban J connectivity index is 2.02. The zero-order valence-corrected chi connectivity index (χ0v) is 15.8. The maximum atomic E-state index is 10.7. The minimum absolute atomic E-state index is 0.282. The van der Waals surface area contributed by atoms with Crippen LogP contribution in [0.3, 0.4) is 0 Å². The van der Waals surface area contributed by atoms with Crippen LogP contribution in [0.15, 0.2) is 83.0 Å². The quantitative estimate of drug-likeness (QED) is 0.533. The lowest BCUT2D eigenvalue weighted by Crippen LogP contribution is -2.02. The van der Waals surface area contributed by atoms with Crippen molar-refractivity contribution in [1.29, 1.82) is 0 Å². The second kappa shape index (κ2) is 6.17. The number of rotatable bonds is 2. The van der Waals surface area contributed by atoms with Gasteiger partial charge in [0, 0.05) is 11.5 Å². The molecular formula is C25H24O. The summed E-state index contributed by atoms with van der Waals surface area (Å²) in [5.74, 6) is 0.621. The maximum absolute atomic E-state index is 10.7. The van der Waals surface area contributed by atoms with Crippen LogP contribution in [0.2, 0.25) is 0 Å². The number of allylic oxidation sites excluding steroid dienone is 4. The molecule has 1 aliphatic rings. The van der Waals surface area contributed by atoms with Gasteiger partial charge in [0.2, 0.25) is 0 Å². The Morgan fingerprint density at radius 1 is 0.692 bits per heavy atom. The van der Waals surface area contributed by atoms with Gasteiger partial charge >= 0.3 is 0 Å². The van der Waals surface area contributed by atoms with E-state index in [1.54, 1.807) is 0 Å². The van der Waals surface area contributed by atoms with Crippen LogP contribution in [-0.4, -0.2) is 5.11 Å². The molecule has 0 bridgehead atoms. The topological polar surface area (TPSA) is 20.2 Å². The van der Waals surface area contributed by atoms with Crippen LogP contribution in [0.5, 0.6) is 5.75 Å². The van der Waals surface area contributed by atoms with Crippen LogP contribution in [0.25, 0.3) is 21.9 Å². The fraction of sp³-hybridized carbons (Fsp3) is 0.200. The molecule has 0 unspecified atom stereocenters. The van der Waals surface area contributed by atoms with Crippen LogP contribution >= 0.6 is 0 Å². The van der Waals surface area contributed by atoms with Gasteiger partial charge in [0.15, 0.2) is 0 Å². The van der Waals surface area contributed by atoms with Gasteiger partial charge in [0.25, 0.3) is 0 Å². The van der Waals surface area contributed by atoms with Crippen LogP contribution in [-0.2, 0) is 0 Å². The van der Waals surface area contributed by atoms with Gasteiger partial charge in [0.1, 0.15) is 5.75 Å². The summed E-state index contributed by atoms with van der Waals surface area (Å²) in [6.45, 7) is 8.90. The van der Waals surface area contributed by atoms with E-state index >= 15 is 0 Å². The highest BCUT2D eigenvalue weighted by Gasteiger charge is 2.28. The van der Waals surface area contributed by atoms with Gasteiger partial charge in [-0.2, -0.15) is 0 Å². The summed E-state index contributed by atoms with van der Waals surface area (Å²) in [6, 6.07) is 20.6. The third-order valence-corrected chi connectivity index (χ3v) is 6.06. The number of aromatic hydroxyl groups is 1. The summed E-state index contributed by atoms with van der Waals surface area (Å²) in [4.78, 5) is 0. The van der Waals surface area contributed by atoms with E-state index in [4.69, 9.17) is 0 Å². The van der Waals surface area contributed by atoms with Gasteiger partial charge in [-0.15, -0.1) is 0 Å². The van der Waals surface area contributed by atoms with Gasteiger partial charge in [0.05, 0.1) is 0 Å². The van der Waals surface area contributed by atoms with E-state index in [0.717, 1.165) is 21.9 Å². The zero-order chi connectivity index (χ0) is 18.4. The largest absolute Gasteiger partial charge is 0.507 e. The molecule has 0 heterocycles. The molecule has 0 aliphatic heterocycles. The molecule has 1 heteroatoms. The van der Waals surface area contributed by atoms with E-state index in [9.17, 15) is 5.11 Å². The molecule has 3 aromatic rings. The van der Waals surface area contributed by atoms with Crippen molar-refractivity contribution >= 4 is 10.8 Å².